The number of hydrogen-bond acceptors (Lipinski definition) is 4. The van der Waals surface area contributed by atoms with Crippen LogP contribution in [0.5, 0.6) is 0 Å². The predicted octanol–water partition coefficient (Wildman–Crippen LogP) is 1.63. The van der Waals surface area contributed by atoms with Crippen molar-refractivity contribution in [2.75, 3.05) is 26.3 Å². The monoisotopic (exact) mass is 307 g/mol. The average molecular weight is 307 g/mol. The van der Waals surface area contributed by atoms with Crippen molar-refractivity contribution in [2.24, 2.45) is 0 Å². The summed E-state index contributed by atoms with van der Waals surface area (Å²) in [7, 11) is 0. The van der Waals surface area contributed by atoms with Crippen molar-refractivity contribution in [2.45, 2.75) is 50.9 Å². The Morgan fingerprint density at radius 2 is 2.36 bits per heavy atom. The molecule has 6 nitrogen and oxygen atoms in total. The van der Waals surface area contributed by atoms with Gasteiger partial charge in [-0.2, -0.15) is 5.10 Å². The van der Waals surface area contributed by atoms with Gasteiger partial charge >= 0.3 is 0 Å². The van der Waals surface area contributed by atoms with E-state index >= 15 is 0 Å². The molecule has 22 heavy (non-hydrogen) atoms. The molecule has 3 rings (SSSR count). The van der Waals surface area contributed by atoms with E-state index in [4.69, 9.17) is 9.47 Å². The molecule has 0 aromatic carbocycles. The number of carbonyl (C=O) groups excluding carboxylic acids is 1. The van der Waals surface area contributed by atoms with Crippen molar-refractivity contribution in [3.63, 3.8) is 0 Å². The van der Waals surface area contributed by atoms with E-state index < -0.39 is 6.10 Å². The van der Waals surface area contributed by atoms with Crippen molar-refractivity contribution >= 4 is 5.91 Å². The number of nitrogens with zero attached hydrogens (tertiary/aromatic N) is 3. The fraction of sp³-hybridized carbons (Fsp3) is 0.750. The van der Waals surface area contributed by atoms with E-state index in [0.29, 0.717) is 13.2 Å². The molecule has 0 radical (unpaired) electrons. The van der Waals surface area contributed by atoms with E-state index in [-0.39, 0.29) is 18.1 Å². The van der Waals surface area contributed by atoms with Gasteiger partial charge in [-0.1, -0.05) is 0 Å². The molecule has 0 saturated carbocycles. The first kappa shape index (κ1) is 15.5. The first-order valence-corrected chi connectivity index (χ1v) is 8.25. The molecule has 0 bridgehead atoms. The summed E-state index contributed by atoms with van der Waals surface area (Å²) in [6.07, 6.45) is 7.71. The third kappa shape index (κ3) is 3.67. The van der Waals surface area contributed by atoms with Crippen LogP contribution < -0.4 is 0 Å². The molecule has 1 aromatic rings. The Balaban J connectivity index is 1.50. The highest BCUT2D eigenvalue weighted by Gasteiger charge is 2.29. The Kier molecular flexibility index (Phi) is 5.10. The molecule has 2 aliphatic heterocycles. The minimum atomic E-state index is -0.402. The molecular weight excluding hydrogens is 282 g/mol. The Morgan fingerprint density at radius 3 is 3.09 bits per heavy atom. The maximum Gasteiger partial charge on any atom is 0.251 e. The first-order chi connectivity index (χ1) is 10.7. The highest BCUT2D eigenvalue weighted by atomic mass is 16.5. The van der Waals surface area contributed by atoms with Crippen LogP contribution in [0.3, 0.4) is 0 Å². The summed E-state index contributed by atoms with van der Waals surface area (Å²) in [4.78, 5) is 14.5. The summed E-state index contributed by atoms with van der Waals surface area (Å²) in [5.74, 6) is 0.0786. The van der Waals surface area contributed by atoms with Crippen molar-refractivity contribution in [3.8, 4) is 0 Å². The SMILES string of the molecule is C[C@H](OC[C@H]1CCCO1)C(=O)N1CCC[C@H](n2cccn2)C1. The van der Waals surface area contributed by atoms with E-state index in [1.54, 1.807) is 6.20 Å². The van der Waals surface area contributed by atoms with Crippen LogP contribution in [0, 0.1) is 0 Å². The zero-order valence-corrected chi connectivity index (χ0v) is 13.2. The van der Waals surface area contributed by atoms with E-state index in [2.05, 4.69) is 5.10 Å². The summed E-state index contributed by atoms with van der Waals surface area (Å²) >= 11 is 0. The normalized spacial score (nSPS) is 27.0. The second kappa shape index (κ2) is 7.24. The van der Waals surface area contributed by atoms with Gasteiger partial charge in [0.15, 0.2) is 0 Å². The fourth-order valence-electron chi connectivity index (χ4n) is 3.22. The maximum absolute atomic E-state index is 12.5. The summed E-state index contributed by atoms with van der Waals surface area (Å²) in [6, 6.07) is 2.20. The topological polar surface area (TPSA) is 56.6 Å². The van der Waals surface area contributed by atoms with Gasteiger partial charge in [0.05, 0.1) is 18.8 Å². The maximum atomic E-state index is 12.5. The van der Waals surface area contributed by atoms with E-state index in [1.165, 1.54) is 0 Å². The Hall–Kier alpha value is -1.40. The lowest BCUT2D eigenvalue weighted by Crippen LogP contribution is -2.45. The van der Waals surface area contributed by atoms with Crippen LogP contribution in [-0.2, 0) is 14.3 Å². The molecule has 1 aromatic heterocycles. The van der Waals surface area contributed by atoms with Crippen molar-refractivity contribution in [3.05, 3.63) is 18.5 Å². The van der Waals surface area contributed by atoms with Gasteiger partial charge in [0.2, 0.25) is 0 Å². The highest BCUT2D eigenvalue weighted by Crippen LogP contribution is 2.21. The number of hydrogen-bond donors (Lipinski definition) is 0. The van der Waals surface area contributed by atoms with Gasteiger partial charge in [-0.15, -0.1) is 0 Å². The lowest BCUT2D eigenvalue weighted by Gasteiger charge is -2.34. The molecule has 1 amide bonds. The second-order valence-corrected chi connectivity index (χ2v) is 6.18. The standard InChI is InChI=1S/C16H25N3O3/c1-13(22-12-15-6-3-10-21-15)16(20)18-8-2-5-14(11-18)19-9-4-7-17-19/h4,7,9,13-15H,2-3,5-6,8,10-12H2,1H3/t13-,14-,15+/m0/s1. The second-order valence-electron chi connectivity index (χ2n) is 6.18. The zero-order valence-electron chi connectivity index (χ0n) is 13.2. The van der Waals surface area contributed by atoms with Crippen LogP contribution in [0.1, 0.15) is 38.6 Å². The van der Waals surface area contributed by atoms with Crippen molar-refractivity contribution < 1.29 is 14.3 Å². The Morgan fingerprint density at radius 1 is 1.45 bits per heavy atom. The third-order valence-electron chi connectivity index (χ3n) is 4.51. The van der Waals surface area contributed by atoms with E-state index in [1.807, 2.05) is 28.8 Å². The van der Waals surface area contributed by atoms with Gasteiger partial charge in [-0.3, -0.25) is 9.48 Å². The Bertz CT molecular complexity index is 471. The van der Waals surface area contributed by atoms with Crippen LogP contribution >= 0.6 is 0 Å². The largest absolute Gasteiger partial charge is 0.376 e. The molecule has 2 saturated heterocycles. The lowest BCUT2D eigenvalue weighted by atomic mass is 10.1. The van der Waals surface area contributed by atoms with Gasteiger partial charge in [-0.25, -0.2) is 0 Å². The lowest BCUT2D eigenvalue weighted by molar-refractivity contribution is -0.146. The number of ether oxygens (including phenoxy) is 2. The molecule has 3 atom stereocenters. The highest BCUT2D eigenvalue weighted by molar-refractivity contribution is 5.80. The number of aromatic nitrogens is 2. The van der Waals surface area contributed by atoms with Crippen LogP contribution in [0.2, 0.25) is 0 Å². The Labute approximate surface area is 131 Å². The van der Waals surface area contributed by atoms with Crippen molar-refractivity contribution in [1.29, 1.82) is 0 Å². The zero-order chi connectivity index (χ0) is 15.4. The minimum Gasteiger partial charge on any atom is -0.376 e. The molecule has 122 valence electrons. The summed E-state index contributed by atoms with van der Waals surface area (Å²) in [6.45, 7) is 4.70. The van der Waals surface area contributed by atoms with Gasteiger partial charge in [0.25, 0.3) is 5.91 Å². The van der Waals surface area contributed by atoms with Crippen LogP contribution in [0.25, 0.3) is 0 Å². The molecule has 0 unspecified atom stereocenters. The first-order valence-electron chi connectivity index (χ1n) is 8.25. The average Bonchev–Trinajstić information content (AvgIpc) is 3.25. The van der Waals surface area contributed by atoms with Crippen LogP contribution in [0.15, 0.2) is 18.5 Å². The molecule has 2 aliphatic rings. The van der Waals surface area contributed by atoms with Crippen LogP contribution in [0.4, 0.5) is 0 Å². The smallest absolute Gasteiger partial charge is 0.251 e. The summed E-state index contributed by atoms with van der Waals surface area (Å²) < 4.78 is 13.2. The molecule has 0 N–H and O–H groups in total. The van der Waals surface area contributed by atoms with Gasteiger partial charge in [0.1, 0.15) is 6.10 Å². The molecule has 6 heteroatoms. The van der Waals surface area contributed by atoms with Gasteiger partial charge in [0, 0.05) is 32.1 Å². The fourth-order valence-corrected chi connectivity index (χ4v) is 3.22. The molecule has 2 fully saturated rings. The van der Waals surface area contributed by atoms with Crippen molar-refractivity contribution in [1.82, 2.24) is 14.7 Å². The molecular formula is C16H25N3O3. The summed E-state index contributed by atoms with van der Waals surface area (Å²) in [5, 5.41) is 4.30. The molecule has 3 heterocycles. The molecule has 0 aliphatic carbocycles. The number of rotatable bonds is 5. The quantitative estimate of drug-likeness (QED) is 0.829. The van der Waals surface area contributed by atoms with E-state index in [9.17, 15) is 4.79 Å². The number of amides is 1. The van der Waals surface area contributed by atoms with Crippen LogP contribution in [-0.4, -0.2) is 59.1 Å². The summed E-state index contributed by atoms with van der Waals surface area (Å²) in [5.41, 5.74) is 0. The number of piperidine rings is 1. The number of carbonyl (C=O) groups is 1. The minimum absolute atomic E-state index is 0.0786. The third-order valence-corrected chi connectivity index (χ3v) is 4.51. The van der Waals surface area contributed by atoms with Gasteiger partial charge in [-0.05, 0) is 38.7 Å². The number of likely N-dealkylation sites (tertiary alicyclic amines) is 1. The van der Waals surface area contributed by atoms with E-state index in [0.717, 1.165) is 38.8 Å². The van der Waals surface area contributed by atoms with Gasteiger partial charge < -0.3 is 14.4 Å². The predicted molar refractivity (Wildman–Crippen MR) is 81.5 cm³/mol. The molecule has 0 spiro atoms.